The van der Waals surface area contributed by atoms with Crippen LogP contribution >= 0.6 is 27.3 Å². The van der Waals surface area contributed by atoms with E-state index >= 15 is 0 Å². The van der Waals surface area contributed by atoms with Crippen LogP contribution in [0.1, 0.15) is 85.7 Å². The minimum absolute atomic E-state index is 0.579. The fourth-order valence-corrected chi connectivity index (χ4v) is 4.04. The Labute approximate surface area is 132 Å². The van der Waals surface area contributed by atoms with Gasteiger partial charge in [-0.3, -0.25) is 0 Å². The van der Waals surface area contributed by atoms with Crippen LogP contribution in [0.15, 0.2) is 12.1 Å². The topological polar surface area (TPSA) is 0 Å². The van der Waals surface area contributed by atoms with Crippen LogP contribution in [0.4, 0.5) is 0 Å². The molecule has 1 heterocycles. The average molecular weight is 345 g/mol. The monoisotopic (exact) mass is 344 g/mol. The van der Waals surface area contributed by atoms with Gasteiger partial charge in [-0.25, -0.2) is 0 Å². The maximum Gasteiger partial charge on any atom is 0.0489 e. The van der Waals surface area contributed by atoms with Crippen molar-refractivity contribution in [2.24, 2.45) is 0 Å². The summed E-state index contributed by atoms with van der Waals surface area (Å²) < 4.78 is 0. The Balaban J connectivity index is 1.93. The lowest BCUT2D eigenvalue weighted by Gasteiger charge is -2.07. The van der Waals surface area contributed by atoms with E-state index in [4.69, 9.17) is 0 Å². The molecule has 0 saturated carbocycles. The first-order valence-corrected chi connectivity index (χ1v) is 9.67. The second-order valence-corrected chi connectivity index (χ2v) is 7.96. The highest BCUT2D eigenvalue weighted by atomic mass is 79.9. The van der Waals surface area contributed by atoms with E-state index in [9.17, 15) is 0 Å². The molecule has 0 fully saturated rings. The fraction of sp³-hybridized carbons (Fsp3) is 0.765. The van der Waals surface area contributed by atoms with Crippen LogP contribution in [0.25, 0.3) is 0 Å². The van der Waals surface area contributed by atoms with E-state index in [-0.39, 0.29) is 0 Å². The second-order valence-electron chi connectivity index (χ2n) is 5.53. The van der Waals surface area contributed by atoms with Crippen LogP contribution in [0, 0.1) is 6.92 Å². The molecule has 0 spiro atoms. The van der Waals surface area contributed by atoms with Gasteiger partial charge < -0.3 is 0 Å². The van der Waals surface area contributed by atoms with E-state index in [2.05, 4.69) is 41.9 Å². The van der Waals surface area contributed by atoms with Crippen LogP contribution in [0.2, 0.25) is 0 Å². The van der Waals surface area contributed by atoms with Gasteiger partial charge in [-0.15, -0.1) is 11.3 Å². The molecule has 0 radical (unpaired) electrons. The highest BCUT2D eigenvalue weighted by Gasteiger charge is 2.08. The second kappa shape index (κ2) is 10.9. The van der Waals surface area contributed by atoms with Gasteiger partial charge in [0.25, 0.3) is 0 Å². The number of alkyl halides is 1. The molecule has 0 aliphatic rings. The van der Waals surface area contributed by atoms with E-state index < -0.39 is 0 Å². The van der Waals surface area contributed by atoms with Crippen molar-refractivity contribution in [3.05, 3.63) is 21.9 Å². The van der Waals surface area contributed by atoms with Crippen molar-refractivity contribution in [1.82, 2.24) is 0 Å². The number of thiophene rings is 1. The molecule has 1 atom stereocenters. The van der Waals surface area contributed by atoms with Crippen molar-refractivity contribution in [3.63, 3.8) is 0 Å². The lowest BCUT2D eigenvalue weighted by Crippen LogP contribution is -1.87. The Bertz CT molecular complexity index is 319. The first-order valence-electron chi connectivity index (χ1n) is 7.94. The summed E-state index contributed by atoms with van der Waals surface area (Å²) in [6, 6.07) is 4.50. The molecule has 1 aromatic rings. The van der Waals surface area contributed by atoms with Crippen LogP contribution < -0.4 is 0 Å². The molecule has 1 aromatic heterocycles. The normalized spacial score (nSPS) is 12.8. The molecule has 2 heteroatoms. The summed E-state index contributed by atoms with van der Waals surface area (Å²) in [7, 11) is 0. The summed E-state index contributed by atoms with van der Waals surface area (Å²) in [5, 5.41) is 0. The SMILES string of the molecule is CCCCCCCCCCCC(Br)c1ccc(C)s1. The highest BCUT2D eigenvalue weighted by molar-refractivity contribution is 9.09. The van der Waals surface area contributed by atoms with Gasteiger partial charge in [0, 0.05) is 14.6 Å². The van der Waals surface area contributed by atoms with Gasteiger partial charge in [0.05, 0.1) is 0 Å². The van der Waals surface area contributed by atoms with Gasteiger partial charge in [-0.05, 0) is 25.5 Å². The zero-order chi connectivity index (χ0) is 13.9. The highest BCUT2D eigenvalue weighted by Crippen LogP contribution is 2.33. The molecule has 0 aliphatic carbocycles. The molecule has 0 aliphatic heterocycles. The van der Waals surface area contributed by atoms with Crippen molar-refractivity contribution < 1.29 is 0 Å². The van der Waals surface area contributed by atoms with E-state index in [1.54, 1.807) is 0 Å². The van der Waals surface area contributed by atoms with Crippen LogP contribution in [-0.4, -0.2) is 0 Å². The largest absolute Gasteiger partial charge is 0.145 e. The molecule has 110 valence electrons. The number of halogens is 1. The van der Waals surface area contributed by atoms with Gasteiger partial charge >= 0.3 is 0 Å². The molecule has 1 unspecified atom stereocenters. The summed E-state index contributed by atoms with van der Waals surface area (Å²) >= 11 is 5.75. The van der Waals surface area contributed by atoms with E-state index in [1.165, 1.54) is 74.0 Å². The minimum atomic E-state index is 0.579. The molecule has 19 heavy (non-hydrogen) atoms. The molecule has 0 saturated heterocycles. The molecule has 0 bridgehead atoms. The lowest BCUT2D eigenvalue weighted by molar-refractivity contribution is 0.556. The number of aryl methyl sites for hydroxylation is 1. The van der Waals surface area contributed by atoms with Crippen molar-refractivity contribution in [2.75, 3.05) is 0 Å². The maximum atomic E-state index is 3.82. The first-order chi connectivity index (χ1) is 9.24. The van der Waals surface area contributed by atoms with Gasteiger partial charge in [-0.1, -0.05) is 80.6 Å². The zero-order valence-corrected chi connectivity index (χ0v) is 15.0. The quantitative estimate of drug-likeness (QED) is 0.289. The molecular formula is C17H29BrS. The molecule has 0 N–H and O–H groups in total. The third kappa shape index (κ3) is 8.14. The standard InChI is InChI=1S/C17H29BrS/c1-3-4-5-6-7-8-9-10-11-12-16(18)17-14-13-15(2)19-17/h13-14,16H,3-12H2,1-2H3. The molecule has 0 aromatic carbocycles. The van der Waals surface area contributed by atoms with Crippen molar-refractivity contribution in [1.29, 1.82) is 0 Å². The minimum Gasteiger partial charge on any atom is -0.145 e. The number of unbranched alkanes of at least 4 members (excludes halogenated alkanes) is 8. The van der Waals surface area contributed by atoms with Gasteiger partial charge in [-0.2, -0.15) is 0 Å². The first kappa shape index (κ1) is 17.2. The number of rotatable bonds is 11. The fourth-order valence-electron chi connectivity index (χ4n) is 2.40. The molecule has 0 amide bonds. The molecular weight excluding hydrogens is 316 g/mol. The lowest BCUT2D eigenvalue weighted by atomic mass is 10.1. The Hall–Kier alpha value is 0.180. The van der Waals surface area contributed by atoms with Crippen molar-refractivity contribution in [2.45, 2.75) is 82.9 Å². The van der Waals surface area contributed by atoms with E-state index in [0.29, 0.717) is 4.83 Å². The number of hydrogen-bond acceptors (Lipinski definition) is 1. The van der Waals surface area contributed by atoms with E-state index in [1.807, 2.05) is 11.3 Å². The van der Waals surface area contributed by atoms with Crippen LogP contribution in [0.5, 0.6) is 0 Å². The van der Waals surface area contributed by atoms with E-state index in [0.717, 1.165) is 0 Å². The Kier molecular flexibility index (Phi) is 9.89. The summed E-state index contributed by atoms with van der Waals surface area (Å²) in [6.07, 6.45) is 14.0. The molecule has 1 rings (SSSR count). The predicted octanol–water partition coefficient (Wildman–Crippen LogP) is 7.41. The Morgan fingerprint density at radius 3 is 2.05 bits per heavy atom. The maximum absolute atomic E-state index is 3.82. The van der Waals surface area contributed by atoms with Crippen LogP contribution in [0.3, 0.4) is 0 Å². The Morgan fingerprint density at radius 2 is 1.53 bits per heavy atom. The van der Waals surface area contributed by atoms with Crippen molar-refractivity contribution in [3.8, 4) is 0 Å². The third-order valence-corrected chi connectivity index (χ3v) is 6.00. The average Bonchev–Trinajstić information content (AvgIpc) is 2.83. The van der Waals surface area contributed by atoms with Crippen LogP contribution in [-0.2, 0) is 0 Å². The van der Waals surface area contributed by atoms with Gasteiger partial charge in [0.2, 0.25) is 0 Å². The summed E-state index contributed by atoms with van der Waals surface area (Å²) in [5.41, 5.74) is 0. The zero-order valence-electron chi connectivity index (χ0n) is 12.6. The summed E-state index contributed by atoms with van der Waals surface area (Å²) in [4.78, 5) is 3.50. The summed E-state index contributed by atoms with van der Waals surface area (Å²) in [5.74, 6) is 0. The predicted molar refractivity (Wildman–Crippen MR) is 92.6 cm³/mol. The summed E-state index contributed by atoms with van der Waals surface area (Å²) in [6.45, 7) is 4.47. The van der Waals surface area contributed by atoms with Gasteiger partial charge in [0.15, 0.2) is 0 Å². The number of hydrogen-bond donors (Lipinski definition) is 0. The molecule has 0 nitrogen and oxygen atoms in total. The third-order valence-electron chi connectivity index (χ3n) is 3.63. The Morgan fingerprint density at radius 1 is 0.947 bits per heavy atom. The van der Waals surface area contributed by atoms with Crippen molar-refractivity contribution >= 4 is 27.3 Å². The smallest absolute Gasteiger partial charge is 0.0489 e. The van der Waals surface area contributed by atoms with Gasteiger partial charge in [0.1, 0.15) is 0 Å².